The maximum Gasteiger partial charge on any atom is 2.00 e. The van der Waals surface area contributed by atoms with E-state index < -0.39 is 0 Å². The van der Waals surface area contributed by atoms with E-state index in [0.717, 1.165) is 0 Å². The monoisotopic (exact) mass is 407 g/mol. The van der Waals surface area contributed by atoms with Crippen molar-refractivity contribution in [3.05, 3.63) is 78.0 Å². The summed E-state index contributed by atoms with van der Waals surface area (Å²) in [5.41, 5.74) is 1.77. The Bertz CT molecular complexity index is 842. The molecule has 1 aromatic heterocycles. The van der Waals surface area contributed by atoms with Crippen LogP contribution < -0.4 is 12.4 Å². The molecule has 1 radical (unpaired) electrons. The maximum atomic E-state index is 9.78. The summed E-state index contributed by atoms with van der Waals surface area (Å²) in [7, 11) is 0. The summed E-state index contributed by atoms with van der Waals surface area (Å²) in [4.78, 5) is 12.9. The first-order valence-corrected chi connectivity index (χ1v) is 7.33. The number of halogens is 1. The number of pyridine rings is 1. The van der Waals surface area contributed by atoms with E-state index in [0.29, 0.717) is 22.6 Å². The number of phenolic OH excluding ortho intramolecular Hbond substituents is 2. The molecule has 0 aliphatic rings. The van der Waals surface area contributed by atoms with Crippen LogP contribution in [0.25, 0.3) is 0 Å². The van der Waals surface area contributed by atoms with Crippen molar-refractivity contribution < 1.29 is 39.7 Å². The average molecular weight is 408 g/mol. The molecule has 3 aromatic rings. The number of para-hydroxylation sites is 2. The number of nitrogens with zero attached hydrogens (tertiary/aromatic N) is 3. The van der Waals surface area contributed by atoms with Gasteiger partial charge in [-0.25, -0.2) is 9.98 Å². The molecule has 1 heterocycles. The Morgan fingerprint density at radius 2 is 1.27 bits per heavy atom. The van der Waals surface area contributed by atoms with E-state index in [9.17, 15) is 10.2 Å². The van der Waals surface area contributed by atoms with Crippen LogP contribution in [0, 0.1) is 0 Å². The molecule has 5 nitrogen and oxygen atoms in total. The molecule has 7 heteroatoms. The quantitative estimate of drug-likeness (QED) is 0.500. The van der Waals surface area contributed by atoms with Crippen LogP contribution in [0.4, 0.5) is 11.5 Å². The smallest absolute Gasteiger partial charge is 1.00 e. The Balaban J connectivity index is 0.00000169. The Kier molecular flexibility index (Phi) is 8.52. The van der Waals surface area contributed by atoms with E-state index in [1.807, 2.05) is 12.1 Å². The van der Waals surface area contributed by atoms with Crippen LogP contribution in [0.3, 0.4) is 0 Å². The van der Waals surface area contributed by atoms with Crippen LogP contribution in [0.2, 0.25) is 0 Å². The zero-order valence-electron chi connectivity index (χ0n) is 13.5. The minimum atomic E-state index is 0. The molecule has 0 fully saturated rings. The Morgan fingerprint density at radius 3 is 1.85 bits per heavy atom. The third kappa shape index (κ3) is 5.43. The van der Waals surface area contributed by atoms with Gasteiger partial charge in [0.25, 0.3) is 0 Å². The van der Waals surface area contributed by atoms with Crippen LogP contribution in [-0.2, 0) is 17.1 Å². The minimum absolute atomic E-state index is 0. The van der Waals surface area contributed by atoms with Gasteiger partial charge in [0.15, 0.2) is 5.82 Å². The van der Waals surface area contributed by atoms with E-state index in [4.69, 9.17) is 0 Å². The molecular formula is C19H15ClMnN3O2+. The van der Waals surface area contributed by atoms with E-state index in [1.165, 1.54) is 6.21 Å². The second-order valence-electron chi connectivity index (χ2n) is 4.98. The first kappa shape index (κ1) is 21.4. The van der Waals surface area contributed by atoms with Gasteiger partial charge in [0.05, 0.1) is 0 Å². The maximum absolute atomic E-state index is 9.78. The Labute approximate surface area is 168 Å². The summed E-state index contributed by atoms with van der Waals surface area (Å²) >= 11 is 0. The van der Waals surface area contributed by atoms with Crippen molar-refractivity contribution in [3.63, 3.8) is 0 Å². The van der Waals surface area contributed by atoms with Gasteiger partial charge in [0.2, 0.25) is 0 Å². The van der Waals surface area contributed by atoms with Gasteiger partial charge in [-0.15, -0.1) is 0 Å². The molecule has 0 unspecified atom stereocenters. The second-order valence-corrected chi connectivity index (χ2v) is 4.98. The molecule has 0 atom stereocenters. The van der Waals surface area contributed by atoms with Crippen LogP contribution in [0.1, 0.15) is 11.1 Å². The van der Waals surface area contributed by atoms with Gasteiger partial charge in [-0.3, -0.25) is 4.99 Å². The largest absolute Gasteiger partial charge is 2.00 e. The van der Waals surface area contributed by atoms with Crippen molar-refractivity contribution in [1.29, 1.82) is 0 Å². The van der Waals surface area contributed by atoms with Crippen LogP contribution in [0.15, 0.2) is 76.8 Å². The number of benzene rings is 2. The second kappa shape index (κ2) is 10.4. The number of aromatic nitrogens is 1. The fraction of sp³-hybridized carbons (Fsp3) is 0. The molecule has 131 valence electrons. The number of aliphatic imine (C=N–C) groups is 2. The van der Waals surface area contributed by atoms with Gasteiger partial charge in [-0.1, -0.05) is 24.3 Å². The first-order valence-electron chi connectivity index (χ1n) is 7.33. The molecule has 3 rings (SSSR count). The topological polar surface area (TPSA) is 78.1 Å². The average Bonchev–Trinajstić information content (AvgIpc) is 2.61. The van der Waals surface area contributed by atoms with Crippen LogP contribution in [-0.4, -0.2) is 27.6 Å². The normalized spacial score (nSPS) is 10.5. The first-order chi connectivity index (χ1) is 11.7. The molecule has 0 aliphatic carbocycles. The van der Waals surface area contributed by atoms with E-state index in [1.54, 1.807) is 60.9 Å². The summed E-state index contributed by atoms with van der Waals surface area (Å²) in [6.07, 6.45) is 4.72. The predicted molar refractivity (Wildman–Crippen MR) is 95.0 cm³/mol. The summed E-state index contributed by atoms with van der Waals surface area (Å²) < 4.78 is 0. The number of aromatic hydroxyl groups is 2. The number of hydrogen-bond donors (Lipinski definition) is 2. The molecular weight excluding hydrogens is 393 g/mol. The fourth-order valence-electron chi connectivity index (χ4n) is 2.05. The molecule has 0 amide bonds. The van der Waals surface area contributed by atoms with E-state index in [-0.39, 0.29) is 41.0 Å². The van der Waals surface area contributed by atoms with Gasteiger partial charge < -0.3 is 22.6 Å². The zero-order valence-corrected chi connectivity index (χ0v) is 15.4. The molecule has 26 heavy (non-hydrogen) atoms. The third-order valence-corrected chi connectivity index (χ3v) is 3.31. The van der Waals surface area contributed by atoms with Gasteiger partial charge in [-0.05, 0) is 36.4 Å². The van der Waals surface area contributed by atoms with Crippen molar-refractivity contribution in [3.8, 4) is 11.5 Å². The fourth-order valence-corrected chi connectivity index (χ4v) is 2.05. The third-order valence-electron chi connectivity index (χ3n) is 3.31. The number of rotatable bonds is 4. The summed E-state index contributed by atoms with van der Waals surface area (Å²) in [5.74, 6) is 0.730. The molecule has 2 N–H and O–H groups in total. The van der Waals surface area contributed by atoms with E-state index >= 15 is 0 Å². The molecule has 2 aromatic carbocycles. The minimum Gasteiger partial charge on any atom is -1.00 e. The van der Waals surface area contributed by atoms with Crippen molar-refractivity contribution in [2.75, 3.05) is 0 Å². The van der Waals surface area contributed by atoms with Crippen molar-refractivity contribution in [2.24, 2.45) is 9.98 Å². The number of phenols is 2. The summed E-state index contributed by atoms with van der Waals surface area (Å²) in [5, 5.41) is 19.5. The molecule has 0 saturated heterocycles. The van der Waals surface area contributed by atoms with E-state index in [2.05, 4.69) is 15.0 Å². The molecule has 0 bridgehead atoms. The van der Waals surface area contributed by atoms with Crippen molar-refractivity contribution >= 4 is 23.9 Å². The van der Waals surface area contributed by atoms with Gasteiger partial charge >= 0.3 is 17.1 Å². The summed E-state index contributed by atoms with van der Waals surface area (Å²) in [6.45, 7) is 0. The Morgan fingerprint density at radius 1 is 0.731 bits per heavy atom. The SMILES string of the molecule is Oc1ccccc1C=Nc1cccnc1/N=C/c1ccccc1O.[Cl-].[Mn+2]. The number of hydrogen-bond acceptors (Lipinski definition) is 5. The van der Waals surface area contributed by atoms with Gasteiger partial charge in [0, 0.05) is 29.8 Å². The van der Waals surface area contributed by atoms with Crippen molar-refractivity contribution in [2.45, 2.75) is 0 Å². The standard InChI is InChI=1S/C19H15N3O2.ClH.Mn/c23-17-9-3-1-6-14(17)12-21-16-8-5-11-20-19(16)22-13-15-7-2-4-10-18(15)24;;/h1-13,23-24H;1H;/q;;+2/p-1/b21-12?,22-13+;;. The van der Waals surface area contributed by atoms with Gasteiger partial charge in [-0.2, -0.15) is 0 Å². The summed E-state index contributed by atoms with van der Waals surface area (Å²) in [6, 6.07) is 17.4. The molecule has 0 saturated carbocycles. The Hall–Kier alpha value is -2.66. The van der Waals surface area contributed by atoms with Crippen LogP contribution >= 0.6 is 0 Å². The predicted octanol–water partition coefficient (Wildman–Crippen LogP) is 0.996. The van der Waals surface area contributed by atoms with Gasteiger partial charge in [0.1, 0.15) is 17.2 Å². The molecule has 0 aliphatic heterocycles. The van der Waals surface area contributed by atoms with Crippen LogP contribution in [0.5, 0.6) is 11.5 Å². The van der Waals surface area contributed by atoms with Crippen molar-refractivity contribution in [1.82, 2.24) is 4.98 Å². The molecule has 0 spiro atoms. The zero-order chi connectivity index (χ0) is 16.8.